The summed E-state index contributed by atoms with van der Waals surface area (Å²) in [5, 5.41) is 0. The number of rotatable bonds is 2. The fourth-order valence-electron chi connectivity index (χ4n) is 0.915. The zero-order valence-electron chi connectivity index (χ0n) is 7.29. The molecule has 0 amide bonds. The minimum atomic E-state index is -6.01. The molecule has 90 valence electrons. The zero-order valence-corrected chi connectivity index (χ0v) is 8.19. The molecule has 0 bridgehead atoms. The van der Waals surface area contributed by atoms with Crippen LogP contribution in [-0.2, 0) is 10.2 Å². The van der Waals surface area contributed by atoms with Crippen molar-refractivity contribution in [1.29, 1.82) is 0 Å². The standard InChI is InChI=1S/C7H4F5O3P/c8-4-2-1-3(5(9)6(4)10)7(11,12)16(13,14)15/h1-2H,(H2,13,14,15). The zero-order chi connectivity index (χ0) is 12.7. The Bertz CT molecular complexity index is 469. The second-order valence-corrected chi connectivity index (χ2v) is 4.46. The van der Waals surface area contributed by atoms with E-state index in [9.17, 15) is 26.5 Å². The number of hydrogen-bond acceptors (Lipinski definition) is 1. The molecule has 0 saturated carbocycles. The van der Waals surface area contributed by atoms with Crippen LogP contribution >= 0.6 is 7.60 Å². The monoisotopic (exact) mass is 262 g/mol. The van der Waals surface area contributed by atoms with Crippen LogP contribution in [0.25, 0.3) is 0 Å². The van der Waals surface area contributed by atoms with E-state index < -0.39 is 36.3 Å². The highest BCUT2D eigenvalue weighted by molar-refractivity contribution is 7.52. The van der Waals surface area contributed by atoms with Crippen molar-refractivity contribution in [2.75, 3.05) is 0 Å². The average Bonchev–Trinajstić information content (AvgIpc) is 2.12. The summed E-state index contributed by atoms with van der Waals surface area (Å²) in [6.07, 6.45) is 0. The van der Waals surface area contributed by atoms with Gasteiger partial charge in [0.1, 0.15) is 0 Å². The van der Waals surface area contributed by atoms with Gasteiger partial charge in [0, 0.05) is 0 Å². The first-order valence-electron chi connectivity index (χ1n) is 3.66. The van der Waals surface area contributed by atoms with Crippen LogP contribution in [0, 0.1) is 17.5 Å². The van der Waals surface area contributed by atoms with Gasteiger partial charge in [0.25, 0.3) is 0 Å². The summed E-state index contributed by atoms with van der Waals surface area (Å²) in [5.41, 5.74) is -6.80. The molecule has 1 aromatic carbocycles. The molecular weight excluding hydrogens is 258 g/mol. The van der Waals surface area contributed by atoms with E-state index >= 15 is 0 Å². The Morgan fingerprint density at radius 3 is 2.00 bits per heavy atom. The number of alkyl halides is 2. The highest BCUT2D eigenvalue weighted by Gasteiger charge is 2.52. The van der Waals surface area contributed by atoms with Crippen molar-refractivity contribution in [3.05, 3.63) is 35.1 Å². The quantitative estimate of drug-likeness (QED) is 0.488. The highest BCUT2D eigenvalue weighted by atomic mass is 31.2. The normalized spacial score (nSPS) is 12.9. The lowest BCUT2D eigenvalue weighted by Gasteiger charge is -2.18. The summed E-state index contributed by atoms with van der Waals surface area (Å²) in [6, 6.07) is 0.226. The predicted octanol–water partition coefficient (Wildman–Crippen LogP) is 2.33. The van der Waals surface area contributed by atoms with Gasteiger partial charge in [-0.2, -0.15) is 8.78 Å². The Kier molecular flexibility index (Phi) is 3.11. The molecule has 2 N–H and O–H groups in total. The van der Waals surface area contributed by atoms with Crippen LogP contribution in [0.2, 0.25) is 0 Å². The van der Waals surface area contributed by atoms with Crippen molar-refractivity contribution in [3.63, 3.8) is 0 Å². The fraction of sp³-hybridized carbons (Fsp3) is 0.143. The van der Waals surface area contributed by atoms with E-state index in [2.05, 4.69) is 0 Å². The van der Waals surface area contributed by atoms with Crippen LogP contribution in [0.4, 0.5) is 22.0 Å². The number of benzene rings is 1. The maximum atomic E-state index is 12.9. The van der Waals surface area contributed by atoms with Gasteiger partial charge >= 0.3 is 13.3 Å². The van der Waals surface area contributed by atoms with E-state index in [-0.39, 0.29) is 12.1 Å². The van der Waals surface area contributed by atoms with Gasteiger partial charge in [-0.05, 0) is 12.1 Å². The minimum Gasteiger partial charge on any atom is -0.320 e. The molecule has 0 aliphatic rings. The van der Waals surface area contributed by atoms with Gasteiger partial charge in [-0.1, -0.05) is 0 Å². The third-order valence-electron chi connectivity index (χ3n) is 1.73. The SMILES string of the molecule is O=P(O)(O)C(F)(F)c1ccc(F)c(F)c1F. The maximum Gasteiger partial charge on any atom is 0.399 e. The molecule has 0 aliphatic carbocycles. The molecule has 3 nitrogen and oxygen atoms in total. The molecule has 0 heterocycles. The summed E-state index contributed by atoms with van der Waals surface area (Å²) >= 11 is 0. The van der Waals surface area contributed by atoms with Crippen molar-refractivity contribution in [2.45, 2.75) is 5.66 Å². The first-order valence-corrected chi connectivity index (χ1v) is 5.27. The molecule has 1 rings (SSSR count). The van der Waals surface area contributed by atoms with Crippen LogP contribution in [0.1, 0.15) is 5.56 Å². The molecule has 0 saturated heterocycles. The van der Waals surface area contributed by atoms with E-state index in [1.165, 1.54) is 0 Å². The molecular formula is C7H4F5O3P. The Hall–Kier alpha value is -0.980. The van der Waals surface area contributed by atoms with Crippen molar-refractivity contribution in [1.82, 2.24) is 0 Å². The van der Waals surface area contributed by atoms with Gasteiger partial charge in [-0.25, -0.2) is 13.2 Å². The lowest BCUT2D eigenvalue weighted by atomic mass is 10.2. The molecule has 0 unspecified atom stereocenters. The molecule has 16 heavy (non-hydrogen) atoms. The van der Waals surface area contributed by atoms with Crippen LogP contribution in [0.5, 0.6) is 0 Å². The topological polar surface area (TPSA) is 57.5 Å². The number of halogens is 5. The molecule has 1 aromatic rings. The van der Waals surface area contributed by atoms with E-state index in [1.54, 1.807) is 0 Å². The third kappa shape index (κ3) is 1.95. The third-order valence-corrected chi connectivity index (χ3v) is 2.70. The van der Waals surface area contributed by atoms with Crippen LogP contribution in [-0.4, -0.2) is 9.79 Å². The first-order chi connectivity index (χ1) is 7.09. The molecule has 0 spiro atoms. The van der Waals surface area contributed by atoms with Gasteiger partial charge in [-0.3, -0.25) is 4.57 Å². The van der Waals surface area contributed by atoms with Gasteiger partial charge in [0.2, 0.25) is 0 Å². The molecule has 0 fully saturated rings. The molecule has 0 aliphatic heterocycles. The molecule has 0 atom stereocenters. The van der Waals surface area contributed by atoms with E-state index in [0.29, 0.717) is 0 Å². The van der Waals surface area contributed by atoms with E-state index in [0.717, 1.165) is 0 Å². The van der Waals surface area contributed by atoms with Crippen molar-refractivity contribution in [3.8, 4) is 0 Å². The number of hydrogen-bond donors (Lipinski definition) is 2. The molecule has 9 heteroatoms. The van der Waals surface area contributed by atoms with Crippen molar-refractivity contribution < 1.29 is 36.3 Å². The maximum absolute atomic E-state index is 12.9. The van der Waals surface area contributed by atoms with Crippen molar-refractivity contribution in [2.24, 2.45) is 0 Å². The summed E-state index contributed by atoms with van der Waals surface area (Å²) in [5.74, 6) is -6.28. The van der Waals surface area contributed by atoms with Crippen LogP contribution in [0.3, 0.4) is 0 Å². The second-order valence-electron chi connectivity index (χ2n) is 2.81. The summed E-state index contributed by atoms with van der Waals surface area (Å²) < 4.78 is 74.1. The van der Waals surface area contributed by atoms with Crippen molar-refractivity contribution >= 4 is 7.60 Å². The van der Waals surface area contributed by atoms with E-state index in [4.69, 9.17) is 9.79 Å². The van der Waals surface area contributed by atoms with E-state index in [1.807, 2.05) is 0 Å². The molecule has 0 aromatic heterocycles. The predicted molar refractivity (Wildman–Crippen MR) is 42.3 cm³/mol. The first kappa shape index (κ1) is 13.1. The Balaban J connectivity index is 3.47. The smallest absolute Gasteiger partial charge is 0.320 e. The Morgan fingerprint density at radius 2 is 1.56 bits per heavy atom. The van der Waals surface area contributed by atoms with Crippen LogP contribution in [0.15, 0.2) is 12.1 Å². The summed E-state index contributed by atoms with van der Waals surface area (Å²) in [6.45, 7) is 0. The van der Waals surface area contributed by atoms with Gasteiger partial charge in [0.15, 0.2) is 17.5 Å². The summed E-state index contributed by atoms with van der Waals surface area (Å²) in [4.78, 5) is 16.5. The largest absolute Gasteiger partial charge is 0.399 e. The second kappa shape index (κ2) is 3.80. The summed E-state index contributed by atoms with van der Waals surface area (Å²) in [7, 11) is -6.01. The molecule has 0 radical (unpaired) electrons. The Morgan fingerprint density at radius 1 is 1.06 bits per heavy atom. The lowest BCUT2D eigenvalue weighted by Crippen LogP contribution is -2.17. The highest BCUT2D eigenvalue weighted by Crippen LogP contribution is 2.59. The average molecular weight is 262 g/mol. The van der Waals surface area contributed by atoms with Gasteiger partial charge in [-0.15, -0.1) is 0 Å². The fourth-order valence-corrected chi connectivity index (χ4v) is 1.40. The lowest BCUT2D eigenvalue weighted by molar-refractivity contribution is 0.0518. The van der Waals surface area contributed by atoms with Gasteiger partial charge in [0.05, 0.1) is 5.56 Å². The van der Waals surface area contributed by atoms with Gasteiger partial charge < -0.3 is 9.79 Å². The van der Waals surface area contributed by atoms with Crippen LogP contribution < -0.4 is 0 Å². The minimum absolute atomic E-state index is 0.0762. The Labute approximate surface area is 85.7 Å².